The fraction of sp³-hybridized carbons (Fsp3) is 0.364. The molecule has 1 amide bonds. The Balaban J connectivity index is 2.79. The Hall–Kier alpha value is -2.02. The highest BCUT2D eigenvalue weighted by molar-refractivity contribution is 6.31. The van der Waals surface area contributed by atoms with Crippen molar-refractivity contribution in [1.29, 1.82) is 0 Å². The molecule has 2 N–H and O–H groups in total. The SMILES string of the molecule is COC(=O)C[C@H](NC(=O)c1cc(Cl)cn1C)C(=O)O. The Morgan fingerprint density at radius 1 is 1.53 bits per heavy atom. The molecule has 0 aliphatic rings. The van der Waals surface area contributed by atoms with Crippen LogP contribution in [0.25, 0.3) is 0 Å². The molecule has 0 unspecified atom stereocenters. The van der Waals surface area contributed by atoms with Crippen LogP contribution >= 0.6 is 11.6 Å². The molecule has 0 aromatic carbocycles. The molecule has 0 bridgehead atoms. The molecule has 0 saturated carbocycles. The number of nitrogens with one attached hydrogen (secondary N) is 1. The molecular weight excluding hydrogens is 276 g/mol. The van der Waals surface area contributed by atoms with Crippen LogP contribution in [0.2, 0.25) is 5.02 Å². The third kappa shape index (κ3) is 3.99. The number of carbonyl (C=O) groups excluding carboxylic acids is 2. The number of amides is 1. The molecule has 1 rings (SSSR count). The second-order valence-corrected chi connectivity index (χ2v) is 4.24. The van der Waals surface area contributed by atoms with E-state index < -0.39 is 30.3 Å². The molecule has 0 radical (unpaired) electrons. The number of rotatable bonds is 5. The van der Waals surface area contributed by atoms with Crippen LogP contribution in [-0.2, 0) is 21.4 Å². The maximum absolute atomic E-state index is 11.9. The van der Waals surface area contributed by atoms with Crippen molar-refractivity contribution in [1.82, 2.24) is 9.88 Å². The first-order chi connectivity index (χ1) is 8.85. The second-order valence-electron chi connectivity index (χ2n) is 3.80. The summed E-state index contributed by atoms with van der Waals surface area (Å²) >= 11 is 5.72. The first-order valence-electron chi connectivity index (χ1n) is 5.27. The molecule has 7 nitrogen and oxygen atoms in total. The van der Waals surface area contributed by atoms with E-state index in [0.29, 0.717) is 5.02 Å². The van der Waals surface area contributed by atoms with Crippen LogP contribution in [0.4, 0.5) is 0 Å². The Morgan fingerprint density at radius 2 is 2.16 bits per heavy atom. The third-order valence-electron chi connectivity index (χ3n) is 2.41. The van der Waals surface area contributed by atoms with Gasteiger partial charge in [-0.15, -0.1) is 0 Å². The van der Waals surface area contributed by atoms with E-state index in [1.807, 2.05) is 0 Å². The number of aliphatic carboxylic acids is 1. The highest BCUT2D eigenvalue weighted by Crippen LogP contribution is 2.12. The Morgan fingerprint density at radius 3 is 2.58 bits per heavy atom. The monoisotopic (exact) mass is 288 g/mol. The number of ether oxygens (including phenoxy) is 1. The zero-order valence-corrected chi connectivity index (χ0v) is 11.1. The summed E-state index contributed by atoms with van der Waals surface area (Å²) in [6.07, 6.45) is 1.06. The van der Waals surface area contributed by atoms with Gasteiger partial charge in [-0.2, -0.15) is 0 Å². The summed E-state index contributed by atoms with van der Waals surface area (Å²) in [6, 6.07) is 0.0436. The summed E-state index contributed by atoms with van der Waals surface area (Å²) in [5.74, 6) is -2.68. The van der Waals surface area contributed by atoms with E-state index in [9.17, 15) is 14.4 Å². The molecule has 0 fully saturated rings. The zero-order chi connectivity index (χ0) is 14.6. The molecular formula is C11H13ClN2O5. The normalized spacial score (nSPS) is 11.7. The van der Waals surface area contributed by atoms with Crippen molar-refractivity contribution in [2.24, 2.45) is 7.05 Å². The van der Waals surface area contributed by atoms with Crippen LogP contribution in [0, 0.1) is 0 Å². The number of aryl methyl sites for hydroxylation is 1. The predicted molar refractivity (Wildman–Crippen MR) is 65.9 cm³/mol. The van der Waals surface area contributed by atoms with E-state index in [0.717, 1.165) is 7.11 Å². The zero-order valence-electron chi connectivity index (χ0n) is 10.3. The number of carboxylic acid groups (broad SMARTS) is 1. The average Bonchev–Trinajstić information content (AvgIpc) is 2.67. The van der Waals surface area contributed by atoms with Gasteiger partial charge in [-0.25, -0.2) is 4.79 Å². The highest BCUT2D eigenvalue weighted by atomic mass is 35.5. The van der Waals surface area contributed by atoms with Crippen molar-refractivity contribution >= 4 is 29.4 Å². The van der Waals surface area contributed by atoms with E-state index in [2.05, 4.69) is 10.1 Å². The standard InChI is InChI=1S/C11H13ClN2O5/c1-14-5-6(12)3-8(14)10(16)13-7(11(17)18)4-9(15)19-2/h3,5,7H,4H2,1-2H3,(H,13,16)(H,17,18)/t7-/m0/s1. The van der Waals surface area contributed by atoms with Crippen LogP contribution < -0.4 is 5.32 Å². The van der Waals surface area contributed by atoms with Crippen molar-refractivity contribution in [2.75, 3.05) is 7.11 Å². The largest absolute Gasteiger partial charge is 0.480 e. The van der Waals surface area contributed by atoms with E-state index >= 15 is 0 Å². The van der Waals surface area contributed by atoms with Crippen molar-refractivity contribution in [2.45, 2.75) is 12.5 Å². The van der Waals surface area contributed by atoms with Gasteiger partial charge in [-0.05, 0) is 6.07 Å². The second kappa shape index (κ2) is 6.24. The van der Waals surface area contributed by atoms with Gasteiger partial charge in [0, 0.05) is 13.2 Å². The number of nitrogens with zero attached hydrogens (tertiary/aromatic N) is 1. The Bertz CT molecular complexity index is 511. The maximum Gasteiger partial charge on any atom is 0.326 e. The number of carbonyl (C=O) groups is 3. The molecule has 1 aromatic rings. The minimum atomic E-state index is -1.35. The van der Waals surface area contributed by atoms with Crippen LogP contribution in [0.5, 0.6) is 0 Å². The molecule has 1 heterocycles. The quantitative estimate of drug-likeness (QED) is 0.766. The topological polar surface area (TPSA) is 97.6 Å². The fourth-order valence-electron chi connectivity index (χ4n) is 1.43. The molecule has 19 heavy (non-hydrogen) atoms. The van der Waals surface area contributed by atoms with Crippen LogP contribution in [0.1, 0.15) is 16.9 Å². The van der Waals surface area contributed by atoms with Crippen LogP contribution in [0.15, 0.2) is 12.3 Å². The van der Waals surface area contributed by atoms with Crippen LogP contribution in [-0.4, -0.2) is 40.7 Å². The lowest BCUT2D eigenvalue weighted by molar-refractivity contribution is -0.147. The lowest BCUT2D eigenvalue weighted by Gasteiger charge is -2.13. The molecule has 1 aromatic heterocycles. The maximum atomic E-state index is 11.9. The van der Waals surface area contributed by atoms with Gasteiger partial charge in [0.05, 0.1) is 18.6 Å². The molecule has 104 valence electrons. The van der Waals surface area contributed by atoms with Gasteiger partial charge in [0.1, 0.15) is 11.7 Å². The van der Waals surface area contributed by atoms with Gasteiger partial charge in [-0.3, -0.25) is 9.59 Å². The van der Waals surface area contributed by atoms with E-state index in [1.165, 1.54) is 16.8 Å². The average molecular weight is 289 g/mol. The number of aromatic nitrogens is 1. The number of hydrogen-bond donors (Lipinski definition) is 2. The fourth-order valence-corrected chi connectivity index (χ4v) is 1.68. The molecule has 0 saturated heterocycles. The van der Waals surface area contributed by atoms with Gasteiger partial charge in [-0.1, -0.05) is 11.6 Å². The van der Waals surface area contributed by atoms with Crippen LogP contribution in [0.3, 0.4) is 0 Å². The van der Waals surface area contributed by atoms with E-state index in [1.54, 1.807) is 7.05 Å². The molecule has 0 aliphatic heterocycles. The minimum absolute atomic E-state index is 0.195. The number of carboxylic acids is 1. The summed E-state index contributed by atoms with van der Waals surface area (Å²) in [6.45, 7) is 0. The summed E-state index contributed by atoms with van der Waals surface area (Å²) in [4.78, 5) is 33.9. The van der Waals surface area contributed by atoms with E-state index in [4.69, 9.17) is 16.7 Å². The van der Waals surface area contributed by atoms with Gasteiger partial charge in [0.25, 0.3) is 5.91 Å². The van der Waals surface area contributed by atoms with Crippen molar-refractivity contribution < 1.29 is 24.2 Å². The van der Waals surface area contributed by atoms with Gasteiger partial charge in [0.15, 0.2) is 0 Å². The highest BCUT2D eigenvalue weighted by Gasteiger charge is 2.25. The lowest BCUT2D eigenvalue weighted by atomic mass is 10.2. The first-order valence-corrected chi connectivity index (χ1v) is 5.65. The summed E-state index contributed by atoms with van der Waals surface area (Å²) in [7, 11) is 2.73. The summed E-state index contributed by atoms with van der Waals surface area (Å²) in [5.41, 5.74) is 0.195. The number of halogens is 1. The Kier molecular flexibility index (Phi) is 4.94. The molecule has 0 spiro atoms. The van der Waals surface area contributed by atoms with Gasteiger partial charge >= 0.3 is 11.9 Å². The molecule has 0 aliphatic carbocycles. The molecule has 1 atom stereocenters. The van der Waals surface area contributed by atoms with Crippen molar-refractivity contribution in [3.63, 3.8) is 0 Å². The number of hydrogen-bond acceptors (Lipinski definition) is 4. The third-order valence-corrected chi connectivity index (χ3v) is 2.61. The van der Waals surface area contributed by atoms with Crippen molar-refractivity contribution in [3.8, 4) is 0 Å². The van der Waals surface area contributed by atoms with Crippen molar-refractivity contribution in [3.05, 3.63) is 23.0 Å². The first kappa shape index (κ1) is 15.0. The number of methoxy groups -OCH3 is 1. The van der Waals surface area contributed by atoms with E-state index in [-0.39, 0.29) is 5.69 Å². The Labute approximate surface area is 114 Å². The van der Waals surface area contributed by atoms with Gasteiger partial charge in [0.2, 0.25) is 0 Å². The number of esters is 1. The minimum Gasteiger partial charge on any atom is -0.480 e. The summed E-state index contributed by atoms with van der Waals surface area (Å²) < 4.78 is 5.82. The van der Waals surface area contributed by atoms with Gasteiger partial charge < -0.3 is 19.7 Å². The summed E-state index contributed by atoms with van der Waals surface area (Å²) in [5, 5.41) is 11.5. The lowest BCUT2D eigenvalue weighted by Crippen LogP contribution is -2.42. The molecule has 8 heteroatoms. The predicted octanol–water partition coefficient (Wildman–Crippen LogP) is 0.425. The smallest absolute Gasteiger partial charge is 0.326 e.